The number of primary amides is 1. The highest BCUT2D eigenvalue weighted by Crippen LogP contribution is 2.21. The van der Waals surface area contributed by atoms with Crippen LogP contribution in [-0.2, 0) is 4.79 Å². The second-order valence-corrected chi connectivity index (χ2v) is 6.73. The van der Waals surface area contributed by atoms with Crippen molar-refractivity contribution in [1.82, 2.24) is 15.2 Å². The highest BCUT2D eigenvalue weighted by Gasteiger charge is 2.25. The first-order valence-electron chi connectivity index (χ1n) is 8.16. The molecule has 1 aliphatic heterocycles. The van der Waals surface area contributed by atoms with E-state index in [2.05, 4.69) is 15.2 Å². The van der Waals surface area contributed by atoms with Crippen LogP contribution in [0.1, 0.15) is 18.0 Å². The van der Waals surface area contributed by atoms with Crippen molar-refractivity contribution in [3.63, 3.8) is 0 Å². The fraction of sp³-hybridized carbons (Fsp3) is 0.353. The molecule has 1 aromatic carbocycles. The van der Waals surface area contributed by atoms with Gasteiger partial charge in [-0.25, -0.2) is 9.78 Å². The van der Waals surface area contributed by atoms with Gasteiger partial charge in [0.25, 0.3) is 0 Å². The normalized spacial score (nSPS) is 15.7. The molecule has 0 radical (unpaired) electrons. The van der Waals surface area contributed by atoms with Gasteiger partial charge in [-0.15, -0.1) is 11.3 Å². The van der Waals surface area contributed by atoms with E-state index in [1.807, 2.05) is 40.6 Å². The van der Waals surface area contributed by atoms with E-state index in [0.717, 1.165) is 23.8 Å². The van der Waals surface area contributed by atoms with E-state index in [-0.39, 0.29) is 12.3 Å². The lowest BCUT2D eigenvalue weighted by Gasteiger charge is -2.35. The average molecular weight is 359 g/mol. The summed E-state index contributed by atoms with van der Waals surface area (Å²) < 4.78 is 0. The van der Waals surface area contributed by atoms with Crippen molar-refractivity contribution in [2.45, 2.75) is 12.5 Å². The van der Waals surface area contributed by atoms with Gasteiger partial charge in [-0.05, 0) is 5.56 Å². The summed E-state index contributed by atoms with van der Waals surface area (Å²) in [6.45, 7) is 2.82. The second-order valence-electron chi connectivity index (χ2n) is 5.86. The van der Waals surface area contributed by atoms with E-state index in [1.54, 1.807) is 17.5 Å². The molecule has 0 bridgehead atoms. The van der Waals surface area contributed by atoms with E-state index in [1.165, 1.54) is 0 Å². The molecule has 132 valence electrons. The first-order chi connectivity index (χ1) is 12.1. The Balaban J connectivity index is 1.59. The molecule has 2 heterocycles. The molecule has 2 aromatic rings. The van der Waals surface area contributed by atoms with Crippen LogP contribution in [0.3, 0.4) is 0 Å². The third-order valence-corrected chi connectivity index (χ3v) is 5.05. The number of hydrogen-bond donors (Lipinski definition) is 2. The van der Waals surface area contributed by atoms with Gasteiger partial charge >= 0.3 is 6.03 Å². The number of carbonyl (C=O) groups is 2. The zero-order valence-electron chi connectivity index (χ0n) is 13.8. The molecule has 0 spiro atoms. The van der Waals surface area contributed by atoms with Crippen molar-refractivity contribution in [2.75, 3.05) is 31.1 Å². The largest absolute Gasteiger partial charge is 0.352 e. The number of benzene rings is 1. The summed E-state index contributed by atoms with van der Waals surface area (Å²) in [5.41, 5.74) is 6.14. The summed E-state index contributed by atoms with van der Waals surface area (Å²) in [6, 6.07) is 8.37. The number of nitrogens with zero attached hydrogens (tertiary/aromatic N) is 3. The lowest BCUT2D eigenvalue weighted by Crippen LogP contribution is -2.49. The minimum atomic E-state index is -0.629. The fourth-order valence-electron chi connectivity index (χ4n) is 2.93. The van der Waals surface area contributed by atoms with Crippen LogP contribution in [0.5, 0.6) is 0 Å². The third-order valence-electron chi connectivity index (χ3n) is 4.22. The number of nitrogens with one attached hydrogen (secondary N) is 1. The maximum Gasteiger partial charge on any atom is 0.312 e. The Kier molecular flexibility index (Phi) is 5.49. The third kappa shape index (κ3) is 4.48. The Morgan fingerprint density at radius 1 is 1.20 bits per heavy atom. The van der Waals surface area contributed by atoms with Crippen molar-refractivity contribution in [1.29, 1.82) is 0 Å². The number of anilines is 1. The number of nitrogens with two attached hydrogens (primary N) is 1. The van der Waals surface area contributed by atoms with Gasteiger partial charge in [-0.1, -0.05) is 30.3 Å². The summed E-state index contributed by atoms with van der Waals surface area (Å²) >= 11 is 1.60. The smallest absolute Gasteiger partial charge is 0.312 e. The van der Waals surface area contributed by atoms with E-state index in [4.69, 9.17) is 5.73 Å². The van der Waals surface area contributed by atoms with Crippen molar-refractivity contribution in [3.8, 4) is 0 Å². The molecular weight excluding hydrogens is 338 g/mol. The molecule has 0 unspecified atom stereocenters. The zero-order valence-corrected chi connectivity index (χ0v) is 14.6. The van der Waals surface area contributed by atoms with Crippen LogP contribution in [0.4, 0.5) is 9.93 Å². The summed E-state index contributed by atoms with van der Waals surface area (Å²) in [6.07, 6.45) is 1.99. The average Bonchev–Trinajstić information content (AvgIpc) is 3.16. The number of hydrogen-bond acceptors (Lipinski definition) is 5. The van der Waals surface area contributed by atoms with Crippen molar-refractivity contribution >= 4 is 28.4 Å². The molecule has 1 fully saturated rings. The van der Waals surface area contributed by atoms with Crippen LogP contribution in [0.25, 0.3) is 0 Å². The van der Waals surface area contributed by atoms with Gasteiger partial charge in [-0.3, -0.25) is 4.79 Å². The van der Waals surface area contributed by atoms with Crippen LogP contribution in [0.2, 0.25) is 0 Å². The van der Waals surface area contributed by atoms with Gasteiger partial charge in [0.05, 0.1) is 12.5 Å². The molecule has 3 rings (SSSR count). The topological polar surface area (TPSA) is 91.6 Å². The number of amides is 3. The molecule has 1 atom stereocenters. The molecule has 0 aliphatic carbocycles. The molecule has 3 amide bonds. The number of thiazole rings is 1. The van der Waals surface area contributed by atoms with Crippen LogP contribution < -0.4 is 16.0 Å². The van der Waals surface area contributed by atoms with Crippen LogP contribution >= 0.6 is 11.3 Å². The lowest BCUT2D eigenvalue weighted by atomic mass is 10.0. The van der Waals surface area contributed by atoms with E-state index in [0.29, 0.717) is 13.1 Å². The molecular formula is C17H21N5O2S. The molecule has 1 aromatic heterocycles. The molecule has 3 N–H and O–H groups in total. The molecule has 0 saturated carbocycles. The maximum atomic E-state index is 12.7. The number of aromatic nitrogens is 1. The van der Waals surface area contributed by atoms with E-state index < -0.39 is 12.1 Å². The van der Waals surface area contributed by atoms with E-state index in [9.17, 15) is 9.59 Å². The Morgan fingerprint density at radius 2 is 1.92 bits per heavy atom. The Bertz CT molecular complexity index is 699. The highest BCUT2D eigenvalue weighted by molar-refractivity contribution is 7.13. The Hall–Kier alpha value is -2.61. The van der Waals surface area contributed by atoms with Gasteiger partial charge in [0.2, 0.25) is 5.91 Å². The molecule has 1 saturated heterocycles. The van der Waals surface area contributed by atoms with Crippen LogP contribution in [-0.4, -0.2) is 48.0 Å². The lowest BCUT2D eigenvalue weighted by molar-refractivity contribution is -0.132. The number of urea groups is 1. The molecule has 1 aliphatic rings. The second kappa shape index (κ2) is 7.98. The maximum absolute atomic E-state index is 12.7. The van der Waals surface area contributed by atoms with Gasteiger partial charge in [0.1, 0.15) is 0 Å². The monoisotopic (exact) mass is 359 g/mol. The SMILES string of the molecule is NC(=O)N[C@H](CC(=O)N1CCN(c2nccs2)CC1)c1ccccc1. The van der Waals surface area contributed by atoms with Crippen molar-refractivity contribution in [3.05, 3.63) is 47.5 Å². The number of carbonyl (C=O) groups excluding carboxylic acids is 2. The summed E-state index contributed by atoms with van der Waals surface area (Å²) in [5, 5.41) is 5.61. The zero-order chi connectivity index (χ0) is 17.6. The Morgan fingerprint density at radius 3 is 2.52 bits per heavy atom. The summed E-state index contributed by atoms with van der Waals surface area (Å²) in [4.78, 5) is 32.3. The summed E-state index contributed by atoms with van der Waals surface area (Å²) in [5.74, 6) is 0.0152. The fourth-order valence-corrected chi connectivity index (χ4v) is 3.63. The Labute approximate surface area is 150 Å². The van der Waals surface area contributed by atoms with Crippen LogP contribution in [0, 0.1) is 0 Å². The quantitative estimate of drug-likeness (QED) is 0.848. The molecule has 25 heavy (non-hydrogen) atoms. The predicted octanol–water partition coefficient (Wildman–Crippen LogP) is 1.59. The highest BCUT2D eigenvalue weighted by atomic mass is 32.1. The minimum absolute atomic E-state index is 0.0152. The minimum Gasteiger partial charge on any atom is -0.352 e. The first-order valence-corrected chi connectivity index (χ1v) is 9.04. The molecule has 8 heteroatoms. The molecule has 7 nitrogen and oxygen atoms in total. The van der Waals surface area contributed by atoms with Gasteiger partial charge in [0.15, 0.2) is 5.13 Å². The van der Waals surface area contributed by atoms with E-state index >= 15 is 0 Å². The number of piperazine rings is 1. The van der Waals surface area contributed by atoms with Crippen LogP contribution in [0.15, 0.2) is 41.9 Å². The van der Waals surface area contributed by atoms with Crippen molar-refractivity contribution < 1.29 is 9.59 Å². The predicted molar refractivity (Wildman–Crippen MR) is 97.4 cm³/mol. The van der Waals surface area contributed by atoms with Crippen molar-refractivity contribution in [2.24, 2.45) is 5.73 Å². The first kappa shape index (κ1) is 17.2. The van der Waals surface area contributed by atoms with Gasteiger partial charge < -0.3 is 20.9 Å². The summed E-state index contributed by atoms with van der Waals surface area (Å²) in [7, 11) is 0. The van der Waals surface area contributed by atoms with Gasteiger partial charge in [0, 0.05) is 37.8 Å². The number of rotatable bonds is 5. The standard InChI is InChI=1S/C17H21N5O2S/c18-16(24)20-14(13-4-2-1-3-5-13)12-15(23)21-7-9-22(10-8-21)17-19-6-11-25-17/h1-6,11,14H,7-10,12H2,(H3,18,20,24)/t14-/m1/s1. The van der Waals surface area contributed by atoms with Gasteiger partial charge in [-0.2, -0.15) is 0 Å².